The van der Waals surface area contributed by atoms with E-state index < -0.39 is 11.6 Å². The van der Waals surface area contributed by atoms with E-state index in [1.54, 1.807) is 0 Å². The van der Waals surface area contributed by atoms with Crippen molar-refractivity contribution < 1.29 is 8.78 Å². The Hall–Kier alpha value is -2.82. The molecule has 0 unspecified atom stereocenters. The molecule has 1 heterocycles. The van der Waals surface area contributed by atoms with Gasteiger partial charge < -0.3 is 5.32 Å². The molecule has 0 bridgehead atoms. The van der Waals surface area contributed by atoms with Crippen LogP contribution in [0, 0.1) is 23.0 Å². The lowest BCUT2D eigenvalue weighted by atomic mass is 10.2. The van der Waals surface area contributed by atoms with E-state index in [-0.39, 0.29) is 17.1 Å². The number of anilines is 1. The Morgan fingerprint density at radius 2 is 2.06 bits per heavy atom. The van der Waals surface area contributed by atoms with Crippen LogP contribution in [-0.4, -0.2) is 20.6 Å². The molecule has 8 heteroatoms. The zero-order valence-corrected chi connectivity index (χ0v) is 8.85. The lowest BCUT2D eigenvalue weighted by molar-refractivity contribution is 0.584. The van der Waals surface area contributed by atoms with Crippen LogP contribution in [0.2, 0.25) is 0 Å². The number of nitrogens with one attached hydrogen (secondary N) is 2. The molecule has 0 saturated heterocycles. The van der Waals surface area contributed by atoms with Gasteiger partial charge in [-0.15, -0.1) is 10.2 Å². The minimum absolute atomic E-state index is 0.0772. The van der Waals surface area contributed by atoms with Crippen molar-refractivity contribution in [3.05, 3.63) is 41.9 Å². The molecule has 2 rings (SSSR count). The van der Waals surface area contributed by atoms with Crippen LogP contribution in [0.4, 0.5) is 14.5 Å². The predicted octanol–water partition coefficient (Wildman–Crippen LogP) is 1.45. The summed E-state index contributed by atoms with van der Waals surface area (Å²) in [5, 5.41) is 24.1. The lowest BCUT2D eigenvalue weighted by Crippen LogP contribution is -1.94. The second kappa shape index (κ2) is 5.01. The lowest BCUT2D eigenvalue weighted by Gasteiger charge is -2.01. The van der Waals surface area contributed by atoms with Gasteiger partial charge in [0, 0.05) is 18.0 Å². The number of tetrazole rings is 1. The number of H-pyrrole nitrogens is 1. The fourth-order valence-electron chi connectivity index (χ4n) is 1.22. The summed E-state index contributed by atoms with van der Waals surface area (Å²) >= 11 is 0. The maximum atomic E-state index is 12.9. The maximum Gasteiger partial charge on any atom is 0.216 e. The van der Waals surface area contributed by atoms with Gasteiger partial charge in [0.25, 0.3) is 0 Å². The van der Waals surface area contributed by atoms with E-state index in [1.807, 2.05) is 6.07 Å². The van der Waals surface area contributed by atoms with E-state index >= 15 is 0 Å². The second-order valence-corrected chi connectivity index (χ2v) is 3.21. The highest BCUT2D eigenvalue weighted by Gasteiger charge is 2.05. The SMILES string of the molecule is N#CC(=CNc1cc(F)cc(F)c1)c1nn[nH]n1. The first kappa shape index (κ1) is 11.7. The third-order valence-electron chi connectivity index (χ3n) is 1.95. The number of nitriles is 1. The van der Waals surface area contributed by atoms with Crippen molar-refractivity contribution in [1.82, 2.24) is 20.6 Å². The molecule has 0 saturated carbocycles. The first-order valence-electron chi connectivity index (χ1n) is 4.76. The number of allylic oxidation sites excluding steroid dienone is 1. The Morgan fingerprint density at radius 3 is 2.61 bits per heavy atom. The minimum atomic E-state index is -0.719. The maximum absolute atomic E-state index is 12.9. The molecule has 6 nitrogen and oxygen atoms in total. The summed E-state index contributed by atoms with van der Waals surface area (Å²) in [6.07, 6.45) is 1.24. The number of hydrogen-bond donors (Lipinski definition) is 2. The molecule has 90 valence electrons. The fourth-order valence-corrected chi connectivity index (χ4v) is 1.22. The highest BCUT2D eigenvalue weighted by atomic mass is 19.1. The van der Waals surface area contributed by atoms with Gasteiger partial charge in [0.1, 0.15) is 23.3 Å². The summed E-state index contributed by atoms with van der Waals surface area (Å²) in [7, 11) is 0. The number of nitrogens with zero attached hydrogens (tertiary/aromatic N) is 4. The summed E-state index contributed by atoms with van der Waals surface area (Å²) in [5.74, 6) is -1.35. The van der Waals surface area contributed by atoms with Crippen molar-refractivity contribution in [2.24, 2.45) is 0 Å². The Bertz CT molecular complexity index is 594. The van der Waals surface area contributed by atoms with E-state index in [9.17, 15) is 8.78 Å². The topological polar surface area (TPSA) is 90.3 Å². The molecule has 0 fully saturated rings. The van der Waals surface area contributed by atoms with Gasteiger partial charge in [-0.2, -0.15) is 10.5 Å². The van der Waals surface area contributed by atoms with Gasteiger partial charge >= 0.3 is 0 Å². The molecule has 0 aliphatic rings. The average molecular weight is 248 g/mol. The monoisotopic (exact) mass is 248 g/mol. The second-order valence-electron chi connectivity index (χ2n) is 3.21. The summed E-state index contributed by atoms with van der Waals surface area (Å²) in [4.78, 5) is 0. The Morgan fingerprint density at radius 1 is 1.33 bits per heavy atom. The Kier molecular flexibility index (Phi) is 3.24. The summed E-state index contributed by atoms with van der Waals surface area (Å²) < 4.78 is 25.8. The molecule has 1 aromatic heterocycles. The molecule has 1 aromatic carbocycles. The van der Waals surface area contributed by atoms with Crippen molar-refractivity contribution in [3.63, 3.8) is 0 Å². The van der Waals surface area contributed by atoms with Crippen LogP contribution >= 0.6 is 0 Å². The van der Waals surface area contributed by atoms with Crippen LogP contribution in [0.15, 0.2) is 24.4 Å². The molecule has 0 spiro atoms. The van der Waals surface area contributed by atoms with Gasteiger partial charge in [-0.25, -0.2) is 8.78 Å². The normalized spacial score (nSPS) is 11.1. The van der Waals surface area contributed by atoms with E-state index in [0.29, 0.717) is 0 Å². The van der Waals surface area contributed by atoms with Gasteiger partial charge in [-0.3, -0.25) is 0 Å². The van der Waals surface area contributed by atoms with E-state index in [0.717, 1.165) is 18.2 Å². The fraction of sp³-hybridized carbons (Fsp3) is 0. The summed E-state index contributed by atoms with van der Waals surface area (Å²) in [5.41, 5.74) is 0.247. The number of aromatic nitrogens is 4. The smallest absolute Gasteiger partial charge is 0.216 e. The third kappa shape index (κ3) is 2.65. The number of rotatable bonds is 3. The molecule has 0 aliphatic heterocycles. The quantitative estimate of drug-likeness (QED) is 0.802. The van der Waals surface area contributed by atoms with Crippen LogP contribution in [0.3, 0.4) is 0 Å². The van der Waals surface area contributed by atoms with E-state index in [1.165, 1.54) is 6.20 Å². The molecule has 18 heavy (non-hydrogen) atoms. The van der Waals surface area contributed by atoms with Crippen molar-refractivity contribution in [2.75, 3.05) is 5.32 Å². The van der Waals surface area contributed by atoms with Crippen LogP contribution in [0.5, 0.6) is 0 Å². The number of hydrogen-bond acceptors (Lipinski definition) is 5. The molecule has 0 atom stereocenters. The largest absolute Gasteiger partial charge is 0.360 e. The first-order chi connectivity index (χ1) is 8.69. The third-order valence-corrected chi connectivity index (χ3v) is 1.95. The zero-order chi connectivity index (χ0) is 13.0. The number of aromatic amines is 1. The van der Waals surface area contributed by atoms with Crippen molar-refractivity contribution >= 4 is 11.3 Å². The van der Waals surface area contributed by atoms with Gasteiger partial charge in [0.2, 0.25) is 5.82 Å². The van der Waals surface area contributed by atoms with Crippen molar-refractivity contribution in [1.29, 1.82) is 5.26 Å². The van der Waals surface area contributed by atoms with Crippen LogP contribution in [0.25, 0.3) is 5.57 Å². The molecule has 0 aliphatic carbocycles. The molecule has 0 amide bonds. The van der Waals surface area contributed by atoms with E-state index in [2.05, 4.69) is 25.9 Å². The highest BCUT2D eigenvalue weighted by molar-refractivity contribution is 5.73. The van der Waals surface area contributed by atoms with Crippen molar-refractivity contribution in [2.45, 2.75) is 0 Å². The van der Waals surface area contributed by atoms with Gasteiger partial charge in [-0.05, 0) is 17.3 Å². The zero-order valence-electron chi connectivity index (χ0n) is 8.85. The number of halogens is 2. The Balaban J connectivity index is 2.21. The van der Waals surface area contributed by atoms with Crippen molar-refractivity contribution in [3.8, 4) is 6.07 Å². The molecule has 2 N–H and O–H groups in total. The van der Waals surface area contributed by atoms with Gasteiger partial charge in [-0.1, -0.05) is 0 Å². The summed E-state index contributed by atoms with van der Waals surface area (Å²) in [6, 6.07) is 4.76. The highest BCUT2D eigenvalue weighted by Crippen LogP contribution is 2.14. The van der Waals surface area contributed by atoms with Gasteiger partial charge in [0.05, 0.1) is 0 Å². The predicted molar refractivity (Wildman–Crippen MR) is 57.7 cm³/mol. The van der Waals surface area contributed by atoms with Crippen LogP contribution in [0.1, 0.15) is 5.82 Å². The Labute approximate surface area is 99.9 Å². The van der Waals surface area contributed by atoms with Crippen LogP contribution < -0.4 is 5.32 Å². The molecule has 0 radical (unpaired) electrons. The number of benzene rings is 1. The molecular formula is C10H6F2N6. The first-order valence-corrected chi connectivity index (χ1v) is 4.76. The standard InChI is InChI=1S/C10H6F2N6/c11-7-1-8(12)3-9(2-7)14-5-6(4-13)10-15-17-18-16-10/h1-3,5,14H,(H,15,16,17,18). The van der Waals surface area contributed by atoms with Gasteiger partial charge in [0.15, 0.2) is 0 Å². The van der Waals surface area contributed by atoms with E-state index in [4.69, 9.17) is 5.26 Å². The summed E-state index contributed by atoms with van der Waals surface area (Å²) in [6.45, 7) is 0. The minimum Gasteiger partial charge on any atom is -0.360 e. The molecular weight excluding hydrogens is 242 g/mol. The molecule has 2 aromatic rings. The van der Waals surface area contributed by atoms with Crippen LogP contribution in [-0.2, 0) is 0 Å². The average Bonchev–Trinajstić information content (AvgIpc) is 2.82.